The summed E-state index contributed by atoms with van der Waals surface area (Å²) in [5.41, 5.74) is 2.26. The Labute approximate surface area is 201 Å². The molecule has 0 spiro atoms. The van der Waals surface area contributed by atoms with Crippen molar-refractivity contribution >= 4 is 35.8 Å². The number of nitrogens with one attached hydrogen (secondary N) is 1. The Kier molecular flexibility index (Phi) is 8.22. The van der Waals surface area contributed by atoms with Crippen molar-refractivity contribution in [1.82, 2.24) is 15.2 Å². The van der Waals surface area contributed by atoms with E-state index in [9.17, 15) is 0 Å². The maximum absolute atomic E-state index is 5.93. The molecule has 3 heterocycles. The van der Waals surface area contributed by atoms with Crippen molar-refractivity contribution in [3.63, 3.8) is 0 Å². The molecule has 1 aromatic carbocycles. The number of nitrogens with zero attached hydrogens (tertiary/aromatic N) is 4. The standard InChI is InChI=1S/C23H31N5O2.HI/c1-4-24-23(28-11-9-27(10-12-28)22-7-5-6-8-25-22)26-16-19-15-21-18(13-17(2)30-21)14-20(19)29-3;/h5-8,14-15,17H,4,9-13,16H2,1-3H3,(H,24,26);1H. The molecule has 7 nitrogen and oxygen atoms in total. The Morgan fingerprint density at radius 2 is 2.06 bits per heavy atom. The number of ether oxygens (including phenoxy) is 2. The summed E-state index contributed by atoms with van der Waals surface area (Å²) in [6.45, 7) is 9.25. The molecule has 8 heteroatoms. The lowest BCUT2D eigenvalue weighted by Gasteiger charge is -2.37. The minimum absolute atomic E-state index is 0. The number of halogens is 1. The molecule has 31 heavy (non-hydrogen) atoms. The minimum atomic E-state index is 0. The van der Waals surface area contributed by atoms with Crippen molar-refractivity contribution in [1.29, 1.82) is 0 Å². The van der Waals surface area contributed by atoms with Crippen LogP contribution in [-0.4, -0.2) is 61.8 Å². The van der Waals surface area contributed by atoms with E-state index in [2.05, 4.69) is 52.1 Å². The van der Waals surface area contributed by atoms with E-state index in [0.29, 0.717) is 6.54 Å². The van der Waals surface area contributed by atoms with E-state index < -0.39 is 0 Å². The van der Waals surface area contributed by atoms with Crippen LogP contribution in [0.15, 0.2) is 41.5 Å². The molecule has 0 radical (unpaired) electrons. The van der Waals surface area contributed by atoms with Gasteiger partial charge in [-0.05, 0) is 38.1 Å². The molecule has 2 aliphatic heterocycles. The SMILES string of the molecule is CCNC(=NCc1cc2c(cc1OC)CC(C)O2)N1CCN(c2ccccn2)CC1.I. The van der Waals surface area contributed by atoms with Crippen LogP contribution in [-0.2, 0) is 13.0 Å². The highest BCUT2D eigenvalue weighted by atomic mass is 127. The summed E-state index contributed by atoms with van der Waals surface area (Å²) < 4.78 is 11.6. The van der Waals surface area contributed by atoms with Crippen LogP contribution in [0.5, 0.6) is 11.5 Å². The van der Waals surface area contributed by atoms with Crippen LogP contribution in [0.25, 0.3) is 0 Å². The Balaban J connectivity index is 0.00000272. The maximum atomic E-state index is 5.93. The van der Waals surface area contributed by atoms with Gasteiger partial charge in [0.05, 0.1) is 13.7 Å². The number of methoxy groups -OCH3 is 1. The monoisotopic (exact) mass is 537 g/mol. The quantitative estimate of drug-likeness (QED) is 0.359. The fraction of sp³-hybridized carbons (Fsp3) is 0.478. The molecule has 0 bridgehead atoms. The third-order valence-corrected chi connectivity index (χ3v) is 5.59. The second kappa shape index (κ2) is 10.9. The van der Waals surface area contributed by atoms with Crippen LogP contribution >= 0.6 is 24.0 Å². The van der Waals surface area contributed by atoms with Crippen LogP contribution in [0.2, 0.25) is 0 Å². The van der Waals surface area contributed by atoms with E-state index in [4.69, 9.17) is 14.5 Å². The molecule has 4 rings (SSSR count). The molecular weight excluding hydrogens is 505 g/mol. The van der Waals surface area contributed by atoms with Gasteiger partial charge >= 0.3 is 0 Å². The molecule has 1 aromatic heterocycles. The van der Waals surface area contributed by atoms with E-state index in [-0.39, 0.29) is 30.1 Å². The van der Waals surface area contributed by atoms with E-state index in [0.717, 1.165) is 68.0 Å². The number of benzene rings is 1. The first kappa shape index (κ1) is 23.4. The number of pyridine rings is 1. The van der Waals surface area contributed by atoms with Crippen LogP contribution < -0.4 is 19.7 Å². The average Bonchev–Trinajstić information content (AvgIpc) is 3.15. The first-order valence-electron chi connectivity index (χ1n) is 10.7. The fourth-order valence-electron chi connectivity index (χ4n) is 4.07. The van der Waals surface area contributed by atoms with E-state index in [1.165, 1.54) is 5.56 Å². The van der Waals surface area contributed by atoms with Gasteiger partial charge < -0.3 is 24.6 Å². The Morgan fingerprint density at radius 1 is 1.26 bits per heavy atom. The average molecular weight is 537 g/mol. The summed E-state index contributed by atoms with van der Waals surface area (Å²) in [4.78, 5) is 14.0. The molecule has 1 N–H and O–H groups in total. The van der Waals surface area contributed by atoms with Gasteiger partial charge in [0.2, 0.25) is 0 Å². The zero-order valence-corrected chi connectivity index (χ0v) is 20.8. The summed E-state index contributed by atoms with van der Waals surface area (Å²) in [7, 11) is 1.72. The van der Waals surface area contributed by atoms with E-state index >= 15 is 0 Å². The van der Waals surface area contributed by atoms with Crippen molar-refractivity contribution in [3.05, 3.63) is 47.7 Å². The molecule has 2 aromatic rings. The van der Waals surface area contributed by atoms with E-state index in [1.54, 1.807) is 7.11 Å². The van der Waals surface area contributed by atoms with Gasteiger partial charge in [-0.15, -0.1) is 24.0 Å². The lowest BCUT2D eigenvalue weighted by molar-refractivity contribution is 0.254. The lowest BCUT2D eigenvalue weighted by Crippen LogP contribution is -2.52. The molecule has 1 unspecified atom stereocenters. The minimum Gasteiger partial charge on any atom is -0.496 e. The maximum Gasteiger partial charge on any atom is 0.194 e. The number of aliphatic imine (C=N–C) groups is 1. The van der Waals surface area contributed by atoms with Crippen LogP contribution in [0.3, 0.4) is 0 Å². The summed E-state index contributed by atoms with van der Waals surface area (Å²) in [6, 6.07) is 10.2. The zero-order chi connectivity index (χ0) is 20.9. The molecule has 0 aliphatic carbocycles. The lowest BCUT2D eigenvalue weighted by atomic mass is 10.1. The van der Waals surface area contributed by atoms with Gasteiger partial charge in [-0.3, -0.25) is 0 Å². The van der Waals surface area contributed by atoms with Gasteiger partial charge in [0.1, 0.15) is 23.4 Å². The number of hydrogen-bond donors (Lipinski definition) is 1. The summed E-state index contributed by atoms with van der Waals surface area (Å²) in [5.74, 6) is 3.82. The summed E-state index contributed by atoms with van der Waals surface area (Å²) >= 11 is 0. The molecule has 0 amide bonds. The van der Waals surface area contributed by atoms with Crippen LogP contribution in [0.4, 0.5) is 5.82 Å². The number of aromatic nitrogens is 1. The first-order valence-corrected chi connectivity index (χ1v) is 10.7. The Morgan fingerprint density at radius 3 is 2.74 bits per heavy atom. The highest BCUT2D eigenvalue weighted by Gasteiger charge is 2.23. The molecule has 1 fully saturated rings. The largest absolute Gasteiger partial charge is 0.496 e. The van der Waals surface area contributed by atoms with E-state index in [1.807, 2.05) is 18.3 Å². The number of anilines is 1. The number of hydrogen-bond acceptors (Lipinski definition) is 5. The van der Waals surface area contributed by atoms with Crippen LogP contribution in [0.1, 0.15) is 25.0 Å². The van der Waals surface area contributed by atoms with Gasteiger partial charge in [0.25, 0.3) is 0 Å². The van der Waals surface area contributed by atoms with Crippen molar-refractivity contribution in [2.45, 2.75) is 32.9 Å². The predicted octanol–water partition coefficient (Wildman–Crippen LogP) is 3.32. The summed E-state index contributed by atoms with van der Waals surface area (Å²) in [6.07, 6.45) is 3.00. The normalized spacial score (nSPS) is 18.2. The molecular formula is C23H32IN5O2. The van der Waals surface area contributed by atoms with Crippen LogP contribution in [0, 0.1) is 0 Å². The smallest absolute Gasteiger partial charge is 0.194 e. The molecule has 0 saturated carbocycles. The van der Waals surface area contributed by atoms with Gasteiger partial charge in [-0.1, -0.05) is 6.07 Å². The molecule has 1 atom stereocenters. The second-order valence-electron chi connectivity index (χ2n) is 7.74. The Bertz CT molecular complexity index is 885. The van der Waals surface area contributed by atoms with Gasteiger partial charge in [0.15, 0.2) is 5.96 Å². The first-order chi connectivity index (χ1) is 14.7. The highest BCUT2D eigenvalue weighted by molar-refractivity contribution is 14.0. The molecule has 1 saturated heterocycles. The topological polar surface area (TPSA) is 62.2 Å². The number of piperazine rings is 1. The van der Waals surface area contributed by atoms with Crippen molar-refractivity contribution in [3.8, 4) is 11.5 Å². The molecule has 2 aliphatic rings. The fourth-order valence-corrected chi connectivity index (χ4v) is 4.07. The summed E-state index contributed by atoms with van der Waals surface area (Å²) in [5, 5.41) is 3.44. The number of guanidine groups is 1. The Hall–Kier alpha value is -2.23. The van der Waals surface area contributed by atoms with Crippen molar-refractivity contribution in [2.75, 3.05) is 44.7 Å². The second-order valence-corrected chi connectivity index (χ2v) is 7.74. The number of rotatable bonds is 5. The predicted molar refractivity (Wildman–Crippen MR) is 135 cm³/mol. The highest BCUT2D eigenvalue weighted by Crippen LogP contribution is 2.35. The van der Waals surface area contributed by atoms with Crippen molar-refractivity contribution < 1.29 is 9.47 Å². The van der Waals surface area contributed by atoms with Crippen molar-refractivity contribution in [2.24, 2.45) is 4.99 Å². The van der Waals surface area contributed by atoms with Gasteiger partial charge in [0, 0.05) is 56.5 Å². The number of fused-ring (bicyclic) bond motifs is 1. The van der Waals surface area contributed by atoms with Gasteiger partial charge in [-0.25, -0.2) is 9.98 Å². The third kappa shape index (κ3) is 5.53. The third-order valence-electron chi connectivity index (χ3n) is 5.59. The van der Waals surface area contributed by atoms with Gasteiger partial charge in [-0.2, -0.15) is 0 Å². The molecule has 168 valence electrons. The zero-order valence-electron chi connectivity index (χ0n) is 18.5.